The Kier molecular flexibility index (Phi) is 4.17. The van der Waals surface area contributed by atoms with Crippen molar-refractivity contribution >= 4 is 17.7 Å². The van der Waals surface area contributed by atoms with Gasteiger partial charge >= 0.3 is 6.09 Å². The lowest BCUT2D eigenvalue weighted by atomic mass is 9.88. The summed E-state index contributed by atoms with van der Waals surface area (Å²) in [4.78, 5) is 12.3. The van der Waals surface area contributed by atoms with E-state index in [0.717, 1.165) is 52.2 Å². The quantitative estimate of drug-likeness (QED) is 0.663. The van der Waals surface area contributed by atoms with E-state index >= 15 is 0 Å². The highest BCUT2D eigenvalue weighted by Gasteiger charge is 2.28. The Balaban J connectivity index is 1.94. The van der Waals surface area contributed by atoms with Crippen LogP contribution < -0.4 is 4.74 Å². The molecule has 4 rings (SSSR count). The predicted molar refractivity (Wildman–Crippen MR) is 99.9 cm³/mol. The average Bonchev–Trinajstić information content (AvgIpc) is 3.07. The number of benzene rings is 2. The Bertz CT molecular complexity index is 993. The van der Waals surface area contributed by atoms with Crippen LogP contribution in [0.5, 0.6) is 5.75 Å². The van der Waals surface area contributed by atoms with E-state index < -0.39 is 6.09 Å². The molecule has 0 radical (unpaired) electrons. The van der Waals surface area contributed by atoms with Crippen molar-refractivity contribution < 1.29 is 14.3 Å². The maximum atomic E-state index is 12.3. The van der Waals surface area contributed by atoms with Crippen LogP contribution >= 0.6 is 11.6 Å². The molecule has 26 heavy (non-hydrogen) atoms. The molecule has 132 valence electrons. The lowest BCUT2D eigenvalue weighted by Gasteiger charge is -2.17. The molecular weight excluding hydrogens is 352 g/mol. The Morgan fingerprint density at radius 1 is 1.12 bits per heavy atom. The normalized spacial score (nSPS) is 12.3. The Labute approximate surface area is 156 Å². The lowest BCUT2D eigenvalue weighted by molar-refractivity contribution is 0.169. The second kappa shape index (κ2) is 6.50. The van der Waals surface area contributed by atoms with E-state index in [2.05, 4.69) is 5.10 Å². The van der Waals surface area contributed by atoms with Crippen LogP contribution in [0.1, 0.15) is 11.1 Å². The van der Waals surface area contributed by atoms with Gasteiger partial charge in [0.1, 0.15) is 5.75 Å². The summed E-state index contributed by atoms with van der Waals surface area (Å²) >= 11 is 6.02. The van der Waals surface area contributed by atoms with Crippen LogP contribution in [0.4, 0.5) is 4.79 Å². The van der Waals surface area contributed by atoms with Crippen molar-refractivity contribution in [3.8, 4) is 28.3 Å². The highest BCUT2D eigenvalue weighted by molar-refractivity contribution is 6.30. The second-order valence-electron chi connectivity index (χ2n) is 6.09. The average molecular weight is 369 g/mol. The molecule has 0 fully saturated rings. The van der Waals surface area contributed by atoms with E-state index in [1.807, 2.05) is 30.3 Å². The molecule has 0 saturated carbocycles. The van der Waals surface area contributed by atoms with E-state index in [0.29, 0.717) is 5.02 Å². The number of aryl methyl sites for hydroxylation is 1. The molecule has 1 aliphatic carbocycles. The minimum atomic E-state index is -0.514. The summed E-state index contributed by atoms with van der Waals surface area (Å²) in [7, 11) is 3.01. The van der Waals surface area contributed by atoms with Gasteiger partial charge < -0.3 is 9.47 Å². The third kappa shape index (κ3) is 2.65. The predicted octanol–water partition coefficient (Wildman–Crippen LogP) is 4.59. The van der Waals surface area contributed by atoms with Gasteiger partial charge in [-0.05, 0) is 48.7 Å². The standard InChI is InChI=1S/C20H17ClN2O3/c1-25-15-8-10-16-13(11-15)5-9-17-18(16)22-23(20(24)26-2)19(17)12-3-6-14(21)7-4-12/h3-4,6-8,10-11H,5,9H2,1-2H3. The molecule has 1 aromatic heterocycles. The number of carbonyl (C=O) groups is 1. The number of rotatable bonds is 2. The maximum Gasteiger partial charge on any atom is 0.435 e. The molecule has 0 saturated heterocycles. The van der Waals surface area contributed by atoms with Crippen LogP contribution in [0.15, 0.2) is 42.5 Å². The summed E-state index contributed by atoms with van der Waals surface area (Å²) in [6.07, 6.45) is 1.12. The van der Waals surface area contributed by atoms with Gasteiger partial charge in [0.25, 0.3) is 0 Å². The van der Waals surface area contributed by atoms with Crippen molar-refractivity contribution in [2.24, 2.45) is 0 Å². The van der Waals surface area contributed by atoms with Crippen molar-refractivity contribution in [3.63, 3.8) is 0 Å². The molecule has 1 aliphatic rings. The number of ether oxygens (including phenoxy) is 2. The van der Waals surface area contributed by atoms with Gasteiger partial charge in [-0.2, -0.15) is 9.78 Å². The summed E-state index contributed by atoms with van der Waals surface area (Å²) in [6.45, 7) is 0. The topological polar surface area (TPSA) is 53.4 Å². The molecule has 0 spiro atoms. The Morgan fingerprint density at radius 3 is 2.58 bits per heavy atom. The SMILES string of the molecule is COC(=O)n1nc2c(c1-c1ccc(Cl)cc1)CCc1cc(OC)ccc1-2. The van der Waals surface area contributed by atoms with E-state index in [1.165, 1.54) is 11.8 Å². The third-order valence-electron chi connectivity index (χ3n) is 4.66. The van der Waals surface area contributed by atoms with Crippen molar-refractivity contribution in [1.82, 2.24) is 9.78 Å². The van der Waals surface area contributed by atoms with E-state index in [1.54, 1.807) is 19.2 Å². The highest BCUT2D eigenvalue weighted by Crippen LogP contribution is 2.40. The van der Waals surface area contributed by atoms with Gasteiger partial charge in [0.15, 0.2) is 0 Å². The first-order chi connectivity index (χ1) is 12.6. The molecule has 6 heteroatoms. The highest BCUT2D eigenvalue weighted by atomic mass is 35.5. The third-order valence-corrected chi connectivity index (χ3v) is 4.91. The largest absolute Gasteiger partial charge is 0.497 e. The minimum Gasteiger partial charge on any atom is -0.497 e. The first-order valence-electron chi connectivity index (χ1n) is 8.26. The summed E-state index contributed by atoms with van der Waals surface area (Å²) in [6, 6.07) is 13.3. The second-order valence-corrected chi connectivity index (χ2v) is 6.52. The van der Waals surface area contributed by atoms with Crippen molar-refractivity contribution in [1.29, 1.82) is 0 Å². The van der Waals surface area contributed by atoms with Crippen LogP contribution in [-0.4, -0.2) is 30.1 Å². The lowest BCUT2D eigenvalue weighted by Crippen LogP contribution is -2.14. The van der Waals surface area contributed by atoms with Gasteiger partial charge in [0.2, 0.25) is 0 Å². The zero-order chi connectivity index (χ0) is 18.3. The number of methoxy groups -OCH3 is 2. The fourth-order valence-electron chi connectivity index (χ4n) is 3.42. The molecule has 3 aromatic rings. The van der Waals surface area contributed by atoms with E-state index in [4.69, 9.17) is 21.1 Å². The molecule has 0 amide bonds. The maximum absolute atomic E-state index is 12.3. The number of nitrogens with zero attached hydrogens (tertiary/aromatic N) is 2. The molecule has 0 bridgehead atoms. The van der Waals surface area contributed by atoms with E-state index in [9.17, 15) is 4.79 Å². The molecule has 2 aromatic carbocycles. The fraction of sp³-hybridized carbons (Fsp3) is 0.200. The Morgan fingerprint density at radius 2 is 1.88 bits per heavy atom. The smallest absolute Gasteiger partial charge is 0.435 e. The molecule has 5 nitrogen and oxygen atoms in total. The van der Waals surface area contributed by atoms with Crippen LogP contribution in [-0.2, 0) is 17.6 Å². The molecule has 0 atom stereocenters. The van der Waals surface area contributed by atoms with Gasteiger partial charge in [-0.1, -0.05) is 23.7 Å². The van der Waals surface area contributed by atoms with Crippen molar-refractivity contribution in [2.45, 2.75) is 12.8 Å². The Hall–Kier alpha value is -2.79. The number of hydrogen-bond donors (Lipinski definition) is 0. The van der Waals surface area contributed by atoms with Crippen LogP contribution in [0.2, 0.25) is 5.02 Å². The number of aromatic nitrogens is 2. The van der Waals surface area contributed by atoms with Gasteiger partial charge in [-0.3, -0.25) is 0 Å². The summed E-state index contributed by atoms with van der Waals surface area (Å²) < 4.78 is 11.6. The number of fused-ring (bicyclic) bond motifs is 3. The van der Waals surface area contributed by atoms with Gasteiger partial charge in [-0.15, -0.1) is 0 Å². The number of hydrogen-bond acceptors (Lipinski definition) is 4. The van der Waals surface area contributed by atoms with Gasteiger partial charge in [0.05, 0.1) is 25.6 Å². The fourth-order valence-corrected chi connectivity index (χ4v) is 3.55. The summed E-state index contributed by atoms with van der Waals surface area (Å²) in [5.41, 5.74) is 5.66. The van der Waals surface area contributed by atoms with Crippen LogP contribution in [0, 0.1) is 0 Å². The minimum absolute atomic E-state index is 0.514. The first kappa shape index (κ1) is 16.7. The zero-order valence-corrected chi connectivity index (χ0v) is 15.2. The number of halogens is 1. The first-order valence-corrected chi connectivity index (χ1v) is 8.63. The van der Waals surface area contributed by atoms with Crippen molar-refractivity contribution in [2.75, 3.05) is 14.2 Å². The monoisotopic (exact) mass is 368 g/mol. The van der Waals surface area contributed by atoms with Gasteiger partial charge in [0, 0.05) is 21.7 Å². The van der Waals surface area contributed by atoms with Crippen LogP contribution in [0.25, 0.3) is 22.5 Å². The molecule has 0 aliphatic heterocycles. The molecule has 1 heterocycles. The molecule has 0 unspecified atom stereocenters. The molecule has 0 N–H and O–H groups in total. The van der Waals surface area contributed by atoms with E-state index in [-0.39, 0.29) is 0 Å². The summed E-state index contributed by atoms with van der Waals surface area (Å²) in [5.74, 6) is 0.817. The van der Waals surface area contributed by atoms with Gasteiger partial charge in [-0.25, -0.2) is 4.79 Å². The number of carbonyl (C=O) groups excluding carboxylic acids is 1. The zero-order valence-electron chi connectivity index (χ0n) is 14.5. The summed E-state index contributed by atoms with van der Waals surface area (Å²) in [5, 5.41) is 5.23. The van der Waals surface area contributed by atoms with Crippen molar-refractivity contribution in [3.05, 3.63) is 58.6 Å². The van der Waals surface area contributed by atoms with Crippen LogP contribution in [0.3, 0.4) is 0 Å². The molecular formula is C20H17ClN2O3.